The smallest absolute Gasteiger partial charge is 0.326 e. The molecule has 0 aliphatic heterocycles. The number of carboxylic acids is 1. The second-order valence-corrected chi connectivity index (χ2v) is 1.92. The van der Waals surface area contributed by atoms with Crippen molar-refractivity contribution in [1.29, 1.82) is 0 Å². The molecule has 0 radical (unpaired) electrons. The number of hydrogen-bond donors (Lipinski definition) is 3. The first-order valence-electron chi connectivity index (χ1n) is 2.97. The zero-order valence-electron chi connectivity index (χ0n) is 5.91. The molecule has 2 amide bonds. The van der Waals surface area contributed by atoms with Gasteiger partial charge in [-0.1, -0.05) is 6.08 Å². The van der Waals surface area contributed by atoms with Gasteiger partial charge in [0.15, 0.2) is 0 Å². The molecule has 0 aliphatic carbocycles. The molecule has 4 N–H and O–H groups in total. The van der Waals surface area contributed by atoms with Gasteiger partial charge in [-0.3, -0.25) is 0 Å². The molecule has 0 rings (SSSR count). The monoisotopic (exact) mass is 158 g/mol. The van der Waals surface area contributed by atoms with Gasteiger partial charge >= 0.3 is 12.0 Å². The number of hydrogen-bond acceptors (Lipinski definition) is 2. The van der Waals surface area contributed by atoms with Gasteiger partial charge in [-0.05, 0) is 6.42 Å². The lowest BCUT2D eigenvalue weighted by Gasteiger charge is -2.08. The fourth-order valence-corrected chi connectivity index (χ4v) is 0.560. The fraction of sp³-hybridized carbons (Fsp3) is 0.333. The van der Waals surface area contributed by atoms with E-state index in [1.807, 2.05) is 5.32 Å². The third-order valence-corrected chi connectivity index (χ3v) is 1.02. The maximum atomic E-state index is 10.3. The lowest BCUT2D eigenvalue weighted by atomic mass is 10.2. The van der Waals surface area contributed by atoms with E-state index < -0.39 is 18.0 Å². The van der Waals surface area contributed by atoms with Crippen molar-refractivity contribution in [3.63, 3.8) is 0 Å². The van der Waals surface area contributed by atoms with Crippen molar-refractivity contribution in [2.24, 2.45) is 5.73 Å². The van der Waals surface area contributed by atoms with Crippen LogP contribution in [0.1, 0.15) is 6.42 Å². The summed E-state index contributed by atoms with van der Waals surface area (Å²) in [5.41, 5.74) is 4.71. The number of aliphatic carboxylic acids is 1. The van der Waals surface area contributed by atoms with Crippen LogP contribution in [0.4, 0.5) is 4.79 Å². The van der Waals surface area contributed by atoms with Crippen LogP contribution in [0.3, 0.4) is 0 Å². The lowest BCUT2D eigenvalue weighted by Crippen LogP contribution is -2.43. The molecule has 1 unspecified atom stereocenters. The van der Waals surface area contributed by atoms with E-state index in [0.29, 0.717) is 0 Å². The zero-order chi connectivity index (χ0) is 8.85. The first-order chi connectivity index (χ1) is 5.07. The van der Waals surface area contributed by atoms with E-state index in [4.69, 9.17) is 10.8 Å². The van der Waals surface area contributed by atoms with Gasteiger partial charge in [-0.2, -0.15) is 0 Å². The number of amides is 2. The number of urea groups is 1. The Morgan fingerprint density at radius 2 is 2.27 bits per heavy atom. The summed E-state index contributed by atoms with van der Waals surface area (Å²) >= 11 is 0. The Hall–Kier alpha value is -1.52. The topological polar surface area (TPSA) is 92.4 Å². The summed E-state index contributed by atoms with van der Waals surface area (Å²) in [5, 5.41) is 10.5. The Balaban J connectivity index is 3.99. The van der Waals surface area contributed by atoms with Crippen LogP contribution in [0.5, 0.6) is 0 Å². The SMILES string of the molecule is C=CCC(NC(N)=O)C(=O)O. The number of carbonyl (C=O) groups is 2. The predicted molar refractivity (Wildman–Crippen MR) is 39.0 cm³/mol. The summed E-state index contributed by atoms with van der Waals surface area (Å²) in [6, 6.07) is -1.82. The number of rotatable bonds is 4. The number of nitrogens with one attached hydrogen (secondary N) is 1. The van der Waals surface area contributed by atoms with E-state index in [9.17, 15) is 9.59 Å². The highest BCUT2D eigenvalue weighted by Gasteiger charge is 2.15. The molecule has 0 fully saturated rings. The van der Waals surface area contributed by atoms with Crippen LogP contribution in [0.25, 0.3) is 0 Å². The lowest BCUT2D eigenvalue weighted by molar-refractivity contribution is -0.139. The van der Waals surface area contributed by atoms with Gasteiger partial charge in [-0.25, -0.2) is 9.59 Å². The van der Waals surface area contributed by atoms with E-state index >= 15 is 0 Å². The maximum Gasteiger partial charge on any atom is 0.326 e. The number of nitrogens with two attached hydrogens (primary N) is 1. The second-order valence-electron chi connectivity index (χ2n) is 1.92. The van der Waals surface area contributed by atoms with Crippen molar-refractivity contribution in [1.82, 2.24) is 5.32 Å². The molecule has 5 heteroatoms. The van der Waals surface area contributed by atoms with E-state index in [1.54, 1.807) is 0 Å². The van der Waals surface area contributed by atoms with Gasteiger partial charge in [0.2, 0.25) is 0 Å². The fourth-order valence-electron chi connectivity index (χ4n) is 0.560. The quantitative estimate of drug-likeness (QED) is 0.490. The number of primary amides is 1. The van der Waals surface area contributed by atoms with E-state index in [0.717, 1.165) is 0 Å². The summed E-state index contributed by atoms with van der Waals surface area (Å²) in [5.74, 6) is -1.12. The summed E-state index contributed by atoms with van der Waals surface area (Å²) in [6.45, 7) is 3.33. The van der Waals surface area contributed by atoms with Crippen LogP contribution in [-0.4, -0.2) is 23.1 Å². The highest BCUT2D eigenvalue weighted by atomic mass is 16.4. The van der Waals surface area contributed by atoms with Crippen molar-refractivity contribution in [3.05, 3.63) is 12.7 Å². The first-order valence-corrected chi connectivity index (χ1v) is 2.97. The second kappa shape index (κ2) is 4.32. The molecule has 0 bridgehead atoms. The molecule has 5 nitrogen and oxygen atoms in total. The van der Waals surface area contributed by atoms with Crippen molar-refractivity contribution in [3.8, 4) is 0 Å². The van der Waals surface area contributed by atoms with E-state index in [1.165, 1.54) is 6.08 Å². The Morgan fingerprint density at radius 1 is 1.73 bits per heavy atom. The summed E-state index contributed by atoms with van der Waals surface area (Å²) < 4.78 is 0. The molecule has 0 saturated carbocycles. The summed E-state index contributed by atoms with van der Waals surface area (Å²) in [4.78, 5) is 20.5. The molecule has 0 aliphatic rings. The van der Waals surface area contributed by atoms with Gasteiger partial charge in [0.05, 0.1) is 0 Å². The first kappa shape index (κ1) is 9.48. The van der Waals surface area contributed by atoms with Crippen molar-refractivity contribution >= 4 is 12.0 Å². The largest absolute Gasteiger partial charge is 0.480 e. The molecule has 0 aromatic heterocycles. The van der Waals surface area contributed by atoms with Gasteiger partial charge in [-0.15, -0.1) is 6.58 Å². The third-order valence-electron chi connectivity index (χ3n) is 1.02. The normalized spacial score (nSPS) is 11.6. The van der Waals surface area contributed by atoms with E-state index in [2.05, 4.69) is 6.58 Å². The highest BCUT2D eigenvalue weighted by Crippen LogP contribution is 1.91. The van der Waals surface area contributed by atoms with Crippen LogP contribution in [0.15, 0.2) is 12.7 Å². The minimum absolute atomic E-state index is 0.165. The van der Waals surface area contributed by atoms with Gasteiger partial charge in [0, 0.05) is 0 Å². The maximum absolute atomic E-state index is 10.3. The van der Waals surface area contributed by atoms with Crippen molar-refractivity contribution in [2.75, 3.05) is 0 Å². The van der Waals surface area contributed by atoms with Gasteiger partial charge in [0.25, 0.3) is 0 Å². The minimum atomic E-state index is -1.12. The molecular weight excluding hydrogens is 148 g/mol. The predicted octanol–water partition coefficient (Wildman–Crippen LogP) is -0.316. The minimum Gasteiger partial charge on any atom is -0.480 e. The van der Waals surface area contributed by atoms with Crippen LogP contribution in [0, 0.1) is 0 Å². The Bertz CT molecular complexity index is 179. The number of carbonyl (C=O) groups excluding carboxylic acids is 1. The van der Waals surface area contributed by atoms with Crippen LogP contribution in [-0.2, 0) is 4.79 Å². The molecule has 0 spiro atoms. The average Bonchev–Trinajstić information content (AvgIpc) is 1.86. The molecule has 1 atom stereocenters. The van der Waals surface area contributed by atoms with Crippen molar-refractivity contribution < 1.29 is 14.7 Å². The van der Waals surface area contributed by atoms with Crippen LogP contribution < -0.4 is 11.1 Å². The number of carboxylic acid groups (broad SMARTS) is 1. The standard InChI is InChI=1S/C6H10N2O3/c1-2-3-4(5(9)10)8-6(7)11/h2,4H,1,3H2,(H,9,10)(H3,7,8,11). The zero-order valence-corrected chi connectivity index (χ0v) is 5.91. The van der Waals surface area contributed by atoms with Gasteiger partial charge < -0.3 is 16.2 Å². The third kappa shape index (κ3) is 3.96. The molecule has 62 valence electrons. The average molecular weight is 158 g/mol. The Morgan fingerprint density at radius 3 is 2.55 bits per heavy atom. The molecule has 0 saturated heterocycles. The summed E-state index contributed by atoms with van der Waals surface area (Å²) in [7, 11) is 0. The highest BCUT2D eigenvalue weighted by molar-refractivity contribution is 5.81. The molecular formula is C6H10N2O3. The molecule has 0 aromatic carbocycles. The van der Waals surface area contributed by atoms with Crippen molar-refractivity contribution in [2.45, 2.75) is 12.5 Å². The van der Waals surface area contributed by atoms with Gasteiger partial charge in [0.1, 0.15) is 6.04 Å². The Labute approximate surface area is 63.9 Å². The molecule has 0 heterocycles. The van der Waals surface area contributed by atoms with Crippen LogP contribution >= 0.6 is 0 Å². The van der Waals surface area contributed by atoms with Crippen LogP contribution in [0.2, 0.25) is 0 Å². The Kier molecular flexibility index (Phi) is 3.72. The summed E-state index contributed by atoms with van der Waals surface area (Å²) in [6.07, 6.45) is 1.56. The molecule has 11 heavy (non-hydrogen) atoms. The van der Waals surface area contributed by atoms with E-state index in [-0.39, 0.29) is 6.42 Å². The molecule has 0 aromatic rings.